The molecule has 1 saturated heterocycles. The van der Waals surface area contributed by atoms with E-state index in [0.717, 1.165) is 38.3 Å². The van der Waals surface area contributed by atoms with Gasteiger partial charge in [-0.2, -0.15) is 0 Å². The molecule has 0 radical (unpaired) electrons. The number of rotatable bonds is 8. The molecule has 1 aliphatic heterocycles. The van der Waals surface area contributed by atoms with Gasteiger partial charge in [0.25, 0.3) is 0 Å². The molecule has 0 aromatic heterocycles. The molecule has 1 aliphatic rings. The van der Waals surface area contributed by atoms with Crippen LogP contribution in [0.2, 0.25) is 0 Å². The molecule has 1 unspecified atom stereocenters. The molecule has 5 nitrogen and oxygen atoms in total. The molecular weight excluding hydrogens is 304 g/mol. The van der Waals surface area contributed by atoms with Gasteiger partial charge < -0.3 is 19.5 Å². The Hall–Kier alpha value is -1.56. The number of piperazine rings is 1. The first kappa shape index (κ1) is 18.8. The van der Waals surface area contributed by atoms with Gasteiger partial charge in [-0.25, -0.2) is 0 Å². The lowest BCUT2D eigenvalue weighted by Crippen LogP contribution is -2.49. The molecular formula is C19H30N2O3. The summed E-state index contributed by atoms with van der Waals surface area (Å²) in [5.74, 6) is 1.36. The van der Waals surface area contributed by atoms with Crippen LogP contribution >= 0.6 is 0 Å². The normalized spacial score (nSPS) is 18.0. The van der Waals surface area contributed by atoms with E-state index in [2.05, 4.69) is 16.7 Å². The van der Waals surface area contributed by atoms with Crippen molar-refractivity contribution in [1.29, 1.82) is 0 Å². The van der Waals surface area contributed by atoms with Gasteiger partial charge in [-0.15, -0.1) is 0 Å². The van der Waals surface area contributed by atoms with Crippen LogP contribution in [-0.4, -0.2) is 74.0 Å². The molecule has 1 N–H and O–H groups in total. The van der Waals surface area contributed by atoms with Crippen molar-refractivity contribution in [3.63, 3.8) is 0 Å². The number of methoxy groups -OCH3 is 1. The first-order valence-corrected chi connectivity index (χ1v) is 8.72. The molecule has 0 spiro atoms. The lowest BCUT2D eigenvalue weighted by Gasteiger charge is -2.34. The van der Waals surface area contributed by atoms with Crippen LogP contribution in [0.15, 0.2) is 24.3 Å². The number of ether oxygens (including phenoxy) is 2. The Kier molecular flexibility index (Phi) is 7.56. The molecule has 5 heteroatoms. The fourth-order valence-corrected chi connectivity index (χ4v) is 2.92. The molecule has 0 amide bonds. The number of aliphatic hydroxyl groups is 1. The number of nitrogens with zero attached hydrogens (tertiary/aromatic N) is 2. The third-order valence-corrected chi connectivity index (χ3v) is 4.36. The van der Waals surface area contributed by atoms with E-state index < -0.39 is 6.10 Å². The van der Waals surface area contributed by atoms with Gasteiger partial charge in [-0.3, -0.25) is 4.90 Å². The highest BCUT2D eigenvalue weighted by atomic mass is 16.5. The predicted molar refractivity (Wildman–Crippen MR) is 97.8 cm³/mol. The summed E-state index contributed by atoms with van der Waals surface area (Å²) < 4.78 is 11.2. The monoisotopic (exact) mass is 334 g/mol. The lowest BCUT2D eigenvalue weighted by molar-refractivity contribution is 0.0464. The number of allylic oxidation sites excluding steroid dienone is 1. The zero-order valence-corrected chi connectivity index (χ0v) is 15.1. The Balaban J connectivity index is 1.82. The first-order valence-electron chi connectivity index (χ1n) is 8.72. The van der Waals surface area contributed by atoms with Gasteiger partial charge in [0.15, 0.2) is 11.5 Å². The van der Waals surface area contributed by atoms with Gasteiger partial charge in [0.2, 0.25) is 0 Å². The Bertz CT molecular complexity index is 525. The Morgan fingerprint density at radius 2 is 1.88 bits per heavy atom. The minimum absolute atomic E-state index is 0.271. The second-order valence-electron chi connectivity index (χ2n) is 6.11. The Labute approximate surface area is 145 Å². The SMILES string of the molecule is C/C=C/c1ccc(OCC(O)CN2CCN(CC)CC2)c(OC)c1. The summed E-state index contributed by atoms with van der Waals surface area (Å²) in [5.41, 5.74) is 1.07. The highest BCUT2D eigenvalue weighted by molar-refractivity contribution is 5.55. The number of hydrogen-bond acceptors (Lipinski definition) is 5. The maximum atomic E-state index is 10.3. The van der Waals surface area contributed by atoms with Gasteiger partial charge in [-0.05, 0) is 31.2 Å². The van der Waals surface area contributed by atoms with Crippen LogP contribution in [0.1, 0.15) is 19.4 Å². The molecule has 0 aliphatic carbocycles. The minimum Gasteiger partial charge on any atom is -0.493 e. The van der Waals surface area contributed by atoms with E-state index in [4.69, 9.17) is 9.47 Å². The van der Waals surface area contributed by atoms with E-state index in [0.29, 0.717) is 18.0 Å². The van der Waals surface area contributed by atoms with Crippen LogP contribution < -0.4 is 9.47 Å². The van der Waals surface area contributed by atoms with Gasteiger partial charge in [0, 0.05) is 32.7 Å². The summed E-state index contributed by atoms with van der Waals surface area (Å²) in [7, 11) is 1.63. The predicted octanol–water partition coefficient (Wildman–Crippen LogP) is 2.11. The number of benzene rings is 1. The van der Waals surface area contributed by atoms with Crippen molar-refractivity contribution in [1.82, 2.24) is 9.80 Å². The second kappa shape index (κ2) is 9.67. The van der Waals surface area contributed by atoms with Crippen molar-refractivity contribution < 1.29 is 14.6 Å². The number of aliphatic hydroxyl groups excluding tert-OH is 1. The number of likely N-dealkylation sites (N-methyl/N-ethyl adjacent to an activating group) is 1. The van der Waals surface area contributed by atoms with E-state index in [9.17, 15) is 5.11 Å². The maximum Gasteiger partial charge on any atom is 0.161 e. The third-order valence-electron chi connectivity index (χ3n) is 4.36. The third kappa shape index (κ3) is 5.51. The van der Waals surface area contributed by atoms with Crippen LogP contribution in [0.5, 0.6) is 11.5 Å². The van der Waals surface area contributed by atoms with Crippen molar-refractivity contribution >= 4 is 6.08 Å². The first-order chi connectivity index (χ1) is 11.7. The lowest BCUT2D eigenvalue weighted by atomic mass is 10.2. The van der Waals surface area contributed by atoms with Crippen molar-refractivity contribution in [2.45, 2.75) is 20.0 Å². The van der Waals surface area contributed by atoms with Crippen molar-refractivity contribution in [3.8, 4) is 11.5 Å². The van der Waals surface area contributed by atoms with Crippen LogP contribution in [-0.2, 0) is 0 Å². The topological polar surface area (TPSA) is 45.2 Å². The van der Waals surface area contributed by atoms with Crippen molar-refractivity contribution in [2.24, 2.45) is 0 Å². The van der Waals surface area contributed by atoms with Crippen LogP contribution in [0.3, 0.4) is 0 Å². The van der Waals surface area contributed by atoms with Gasteiger partial charge in [-0.1, -0.05) is 25.1 Å². The van der Waals surface area contributed by atoms with Crippen LogP contribution in [0.25, 0.3) is 6.08 Å². The molecule has 2 rings (SSSR count). The fraction of sp³-hybridized carbons (Fsp3) is 0.579. The second-order valence-corrected chi connectivity index (χ2v) is 6.11. The molecule has 1 fully saturated rings. The quantitative estimate of drug-likeness (QED) is 0.789. The van der Waals surface area contributed by atoms with Crippen molar-refractivity contribution in [2.75, 3.05) is 53.0 Å². The minimum atomic E-state index is -0.502. The van der Waals surface area contributed by atoms with Gasteiger partial charge in [0.1, 0.15) is 12.7 Å². The summed E-state index contributed by atoms with van der Waals surface area (Å²) in [6.07, 6.45) is 3.49. The number of hydrogen-bond donors (Lipinski definition) is 1. The molecule has 0 saturated carbocycles. The molecule has 0 bridgehead atoms. The molecule has 1 aromatic carbocycles. The number of β-amino-alcohol motifs (C(OH)–C–C–N with tert-alkyl or cyclic N) is 1. The van der Waals surface area contributed by atoms with E-state index in [-0.39, 0.29) is 6.61 Å². The summed E-state index contributed by atoms with van der Waals surface area (Å²) in [6, 6.07) is 5.81. The Morgan fingerprint density at radius 1 is 1.17 bits per heavy atom. The van der Waals surface area contributed by atoms with Crippen LogP contribution in [0, 0.1) is 0 Å². The maximum absolute atomic E-state index is 10.3. The zero-order chi connectivity index (χ0) is 17.4. The van der Waals surface area contributed by atoms with Crippen molar-refractivity contribution in [3.05, 3.63) is 29.8 Å². The molecule has 134 valence electrons. The summed E-state index contributed by atoms with van der Waals surface area (Å²) in [5, 5.41) is 10.3. The summed E-state index contributed by atoms with van der Waals surface area (Å²) in [6.45, 7) is 10.3. The van der Waals surface area contributed by atoms with E-state index in [1.807, 2.05) is 37.3 Å². The van der Waals surface area contributed by atoms with Gasteiger partial charge in [0.05, 0.1) is 7.11 Å². The molecule has 1 heterocycles. The van der Waals surface area contributed by atoms with Gasteiger partial charge >= 0.3 is 0 Å². The largest absolute Gasteiger partial charge is 0.493 e. The molecule has 1 aromatic rings. The smallest absolute Gasteiger partial charge is 0.161 e. The van der Waals surface area contributed by atoms with E-state index in [1.165, 1.54) is 0 Å². The van der Waals surface area contributed by atoms with E-state index >= 15 is 0 Å². The highest BCUT2D eigenvalue weighted by Gasteiger charge is 2.18. The fourth-order valence-electron chi connectivity index (χ4n) is 2.92. The van der Waals surface area contributed by atoms with E-state index in [1.54, 1.807) is 7.11 Å². The Morgan fingerprint density at radius 3 is 2.50 bits per heavy atom. The summed E-state index contributed by atoms with van der Waals surface area (Å²) in [4.78, 5) is 4.73. The molecule has 24 heavy (non-hydrogen) atoms. The average Bonchev–Trinajstić information content (AvgIpc) is 2.61. The highest BCUT2D eigenvalue weighted by Crippen LogP contribution is 2.28. The molecule has 1 atom stereocenters. The zero-order valence-electron chi connectivity index (χ0n) is 15.1. The standard InChI is InChI=1S/C19H30N2O3/c1-4-6-16-7-8-18(19(13-16)23-3)24-15-17(22)14-21-11-9-20(5-2)10-12-21/h4,6-8,13,17,22H,5,9-12,14-15H2,1-3H3/b6-4+. The van der Waals surface area contributed by atoms with Crippen LogP contribution in [0.4, 0.5) is 0 Å². The summed E-state index contributed by atoms with van der Waals surface area (Å²) >= 11 is 0. The average molecular weight is 334 g/mol.